The normalized spacial score (nSPS) is 13.3. The molecule has 2 unspecified atom stereocenters. The van der Waals surface area contributed by atoms with Gasteiger partial charge in [-0.1, -0.05) is 59.7 Å². The van der Waals surface area contributed by atoms with Crippen LogP contribution in [0.1, 0.15) is 52.7 Å². The summed E-state index contributed by atoms with van der Waals surface area (Å²) in [6.07, 6.45) is 0. The molecule has 2 aromatic carbocycles. The largest absolute Gasteiger partial charge is 0.507 e. The van der Waals surface area contributed by atoms with Crippen LogP contribution in [0.5, 0.6) is 5.75 Å². The van der Waals surface area contributed by atoms with Crippen LogP contribution in [0.4, 0.5) is 0 Å². The van der Waals surface area contributed by atoms with Gasteiger partial charge in [-0.2, -0.15) is 0 Å². The molecule has 1 nitrogen and oxygen atoms in total. The zero-order chi connectivity index (χ0) is 17.4. The van der Waals surface area contributed by atoms with E-state index in [1.807, 2.05) is 0 Å². The summed E-state index contributed by atoms with van der Waals surface area (Å²) in [6, 6.07) is 15.1. The van der Waals surface area contributed by atoms with Crippen LogP contribution in [0.25, 0.3) is 0 Å². The van der Waals surface area contributed by atoms with Crippen LogP contribution in [-0.4, -0.2) is 32.4 Å². The maximum absolute atomic E-state index is 10.8. The van der Waals surface area contributed by atoms with Crippen LogP contribution in [0.15, 0.2) is 42.5 Å². The number of rotatable bonds is 2. The summed E-state index contributed by atoms with van der Waals surface area (Å²) in [5, 5.41) is 13.5. The fourth-order valence-electron chi connectivity index (χ4n) is 2.72. The van der Waals surface area contributed by atoms with Crippen LogP contribution in [0.2, 0.25) is 0 Å². The van der Waals surface area contributed by atoms with Gasteiger partial charge in [-0.05, 0) is 35.1 Å². The van der Waals surface area contributed by atoms with Crippen molar-refractivity contribution in [2.45, 2.75) is 52.4 Å². The molecular weight excluding hydrogens is 525 g/mol. The van der Waals surface area contributed by atoms with Crippen LogP contribution in [0.3, 0.4) is 0 Å². The van der Waals surface area contributed by atoms with Gasteiger partial charge < -0.3 is 5.11 Å². The molecule has 0 saturated carbocycles. The second-order valence-corrected chi connectivity index (χ2v) is 11.9. The third-order valence-corrected chi connectivity index (χ3v) is 7.99. The third kappa shape index (κ3) is 5.02. The van der Waals surface area contributed by atoms with Crippen LogP contribution in [0, 0.1) is 0 Å². The molecule has 0 fully saturated rings. The van der Waals surface area contributed by atoms with E-state index < -0.39 is 7.61 Å². The van der Waals surface area contributed by atoms with Gasteiger partial charge in [-0.15, -0.1) is 0 Å². The first-order chi connectivity index (χ1) is 10.5. The molecular formula is C20H29OP2Pb+. The predicted molar refractivity (Wildman–Crippen MR) is 115 cm³/mol. The first kappa shape index (κ1) is 22.1. The van der Waals surface area contributed by atoms with Crippen molar-refractivity contribution in [3.63, 3.8) is 0 Å². The molecule has 2 aromatic rings. The molecule has 0 aliphatic rings. The zero-order valence-electron chi connectivity index (χ0n) is 15.6. The molecule has 0 aliphatic carbocycles. The Labute approximate surface area is 170 Å². The minimum Gasteiger partial charge on any atom is -0.507 e. The summed E-state index contributed by atoms with van der Waals surface area (Å²) in [6.45, 7) is 13.0. The van der Waals surface area contributed by atoms with E-state index in [0.717, 1.165) is 11.1 Å². The van der Waals surface area contributed by atoms with E-state index in [1.165, 1.54) is 10.6 Å². The van der Waals surface area contributed by atoms with Crippen molar-refractivity contribution < 1.29 is 5.11 Å². The number of benzene rings is 2. The minimum atomic E-state index is -0.919. The quantitative estimate of drug-likeness (QED) is 0.427. The summed E-state index contributed by atoms with van der Waals surface area (Å²) in [5.74, 6) is 0.460. The van der Waals surface area contributed by atoms with Gasteiger partial charge in [-0.3, -0.25) is 0 Å². The number of hydrogen-bond acceptors (Lipinski definition) is 1. The third-order valence-electron chi connectivity index (χ3n) is 4.12. The average molecular weight is 555 g/mol. The Morgan fingerprint density at radius 1 is 0.792 bits per heavy atom. The maximum atomic E-state index is 10.8. The van der Waals surface area contributed by atoms with E-state index in [0.29, 0.717) is 5.75 Å². The van der Waals surface area contributed by atoms with Gasteiger partial charge in [0.25, 0.3) is 0 Å². The topological polar surface area (TPSA) is 20.2 Å². The van der Waals surface area contributed by atoms with Gasteiger partial charge in [0.05, 0.1) is 18.2 Å². The maximum Gasteiger partial charge on any atom is 0.123 e. The predicted octanol–water partition coefficient (Wildman–Crippen LogP) is 4.56. The zero-order valence-corrected chi connectivity index (χ0v) is 21.6. The fourth-order valence-corrected chi connectivity index (χ4v) is 5.28. The molecule has 0 bridgehead atoms. The fraction of sp³-hybridized carbons (Fsp3) is 0.400. The average Bonchev–Trinajstić information content (AvgIpc) is 2.45. The Bertz CT molecular complexity index is 650. The van der Waals surface area contributed by atoms with Gasteiger partial charge >= 0.3 is 0 Å². The van der Waals surface area contributed by atoms with Crippen molar-refractivity contribution in [3.05, 3.63) is 53.6 Å². The van der Waals surface area contributed by atoms with Gasteiger partial charge in [-0.25, -0.2) is 0 Å². The van der Waals surface area contributed by atoms with Crippen molar-refractivity contribution >= 4 is 54.4 Å². The van der Waals surface area contributed by atoms with E-state index in [2.05, 4.69) is 92.9 Å². The molecule has 0 spiro atoms. The van der Waals surface area contributed by atoms with Crippen LogP contribution in [-0.2, 0) is 10.8 Å². The summed E-state index contributed by atoms with van der Waals surface area (Å²) in [7, 11) is 2.13. The molecule has 0 aliphatic heterocycles. The molecule has 1 N–H and O–H groups in total. The van der Waals surface area contributed by atoms with Gasteiger partial charge in [0, 0.05) is 47.4 Å². The van der Waals surface area contributed by atoms with Gasteiger partial charge in [0.1, 0.15) is 5.75 Å². The molecule has 0 saturated heterocycles. The SMILES string of the molecule is CC(C)(C)c1cc([PH+](P)c2ccccc2)cc(C(C)(C)C)c1O.[Pb]. The van der Waals surface area contributed by atoms with Gasteiger partial charge in [0.2, 0.25) is 0 Å². The smallest absolute Gasteiger partial charge is 0.123 e. The molecule has 2 rings (SSSR count). The van der Waals surface area contributed by atoms with E-state index in [1.54, 1.807) is 0 Å². The summed E-state index contributed by atoms with van der Waals surface area (Å²) in [4.78, 5) is 0. The van der Waals surface area contributed by atoms with Crippen molar-refractivity contribution in [1.82, 2.24) is 0 Å². The van der Waals surface area contributed by atoms with E-state index in [4.69, 9.17) is 0 Å². The number of hydrogen-bond donors (Lipinski definition) is 1. The minimum absolute atomic E-state index is 0. The molecule has 0 amide bonds. The molecule has 4 radical (unpaired) electrons. The Morgan fingerprint density at radius 2 is 1.21 bits per heavy atom. The molecule has 2 atom stereocenters. The van der Waals surface area contributed by atoms with Crippen molar-refractivity contribution in [2.75, 3.05) is 0 Å². The number of phenols is 1. The van der Waals surface area contributed by atoms with Crippen LogP contribution < -0.4 is 10.6 Å². The summed E-state index contributed by atoms with van der Waals surface area (Å²) >= 11 is 0. The molecule has 24 heavy (non-hydrogen) atoms. The van der Waals surface area contributed by atoms with Crippen LogP contribution >= 0.6 is 16.5 Å². The van der Waals surface area contributed by atoms with Crippen molar-refractivity contribution in [3.8, 4) is 5.75 Å². The molecule has 128 valence electrons. The van der Waals surface area contributed by atoms with E-state index >= 15 is 0 Å². The van der Waals surface area contributed by atoms with Crippen molar-refractivity contribution in [2.24, 2.45) is 0 Å². The van der Waals surface area contributed by atoms with Gasteiger partial charge in [0.15, 0.2) is 0 Å². The second-order valence-electron chi connectivity index (χ2n) is 8.20. The summed E-state index contributed by atoms with van der Waals surface area (Å²) < 4.78 is 0. The standard InChI is InChI=1S/C20H28OP2.Pb/c1-19(2,3)16-12-15(13-17(18(16)21)20(4,5)6)23(22)14-10-8-7-9-11-14;/h7-13,21H,22H2,1-6H3;/p+1. The van der Waals surface area contributed by atoms with E-state index in [-0.39, 0.29) is 38.1 Å². The Kier molecular flexibility index (Phi) is 7.49. The molecule has 4 heteroatoms. The Morgan fingerprint density at radius 3 is 1.58 bits per heavy atom. The first-order valence-corrected chi connectivity index (χ1v) is 11.4. The number of phenolic OH excluding ortho intramolecular Hbond substituents is 1. The van der Waals surface area contributed by atoms with Crippen molar-refractivity contribution in [1.29, 1.82) is 0 Å². The number of aromatic hydroxyl groups is 1. The monoisotopic (exact) mass is 555 g/mol. The van der Waals surface area contributed by atoms with E-state index in [9.17, 15) is 5.11 Å². The molecule has 0 aromatic heterocycles. The first-order valence-electron chi connectivity index (χ1n) is 8.08. The summed E-state index contributed by atoms with van der Waals surface area (Å²) in [5.41, 5.74) is 1.93. The second kappa shape index (κ2) is 8.15. The Balaban J connectivity index is 0.00000288. The Hall–Kier alpha value is 0.0221. The molecule has 0 heterocycles.